The van der Waals surface area contributed by atoms with Crippen molar-refractivity contribution in [3.8, 4) is 0 Å². The van der Waals surface area contributed by atoms with Gasteiger partial charge >= 0.3 is 5.97 Å². The molecule has 0 aliphatic carbocycles. The van der Waals surface area contributed by atoms with Gasteiger partial charge in [-0.2, -0.15) is 0 Å². The molecule has 1 heterocycles. The van der Waals surface area contributed by atoms with Gasteiger partial charge in [0.25, 0.3) is 0 Å². The highest BCUT2D eigenvalue weighted by Crippen LogP contribution is 2.23. The molecule has 20 heavy (non-hydrogen) atoms. The molecule has 0 spiro atoms. The molecule has 1 aliphatic heterocycles. The molecule has 6 heteroatoms. The van der Waals surface area contributed by atoms with E-state index in [1.807, 2.05) is 31.1 Å². The van der Waals surface area contributed by atoms with E-state index in [1.165, 1.54) is 0 Å². The van der Waals surface area contributed by atoms with Gasteiger partial charge in [-0.1, -0.05) is 35.0 Å². The second kappa shape index (κ2) is 6.54. The summed E-state index contributed by atoms with van der Waals surface area (Å²) >= 11 is 6.12. The van der Waals surface area contributed by atoms with Crippen molar-refractivity contribution in [2.75, 3.05) is 27.2 Å². The van der Waals surface area contributed by atoms with Gasteiger partial charge in [-0.3, -0.25) is 0 Å². The van der Waals surface area contributed by atoms with E-state index >= 15 is 0 Å². The predicted octanol–water partition coefficient (Wildman–Crippen LogP) is 1.64. The number of hydrogen-bond donors (Lipinski definition) is 1. The molecule has 0 radical (unpaired) electrons. The van der Waals surface area contributed by atoms with Gasteiger partial charge in [0.2, 0.25) is 0 Å². The molecule has 0 atom stereocenters. The minimum absolute atomic E-state index is 0.386. The molecule has 1 aromatic carbocycles. The molecule has 1 N–H and O–H groups in total. The first-order valence-corrected chi connectivity index (χ1v) is 6.60. The Balaban J connectivity index is 2.15. The Morgan fingerprint density at radius 3 is 2.85 bits per heavy atom. The number of hydrogen-bond acceptors (Lipinski definition) is 5. The molecular formula is C14H16ClN3O2. The van der Waals surface area contributed by atoms with Crippen LogP contribution in [-0.4, -0.2) is 43.8 Å². The van der Waals surface area contributed by atoms with Crippen molar-refractivity contribution in [3.05, 3.63) is 46.6 Å². The number of carbonyl (C=O) groups is 1. The van der Waals surface area contributed by atoms with Gasteiger partial charge in [-0.15, -0.1) is 0 Å². The van der Waals surface area contributed by atoms with E-state index < -0.39 is 5.97 Å². The number of likely N-dealkylation sites (N-methyl/N-ethyl adjacent to an activating group) is 1. The van der Waals surface area contributed by atoms with Crippen molar-refractivity contribution in [1.29, 1.82) is 0 Å². The number of rotatable bonds is 5. The summed E-state index contributed by atoms with van der Waals surface area (Å²) in [6.07, 6.45) is 1.63. The molecule has 0 fully saturated rings. The molecule has 1 aromatic rings. The maximum absolute atomic E-state index is 11.7. The fraction of sp³-hybridized carbons (Fsp3) is 0.286. The molecule has 0 amide bonds. The molecule has 2 rings (SSSR count). The van der Waals surface area contributed by atoms with Crippen LogP contribution in [0.1, 0.15) is 5.56 Å². The zero-order valence-corrected chi connectivity index (χ0v) is 12.1. The Hall–Kier alpha value is -1.85. The fourth-order valence-electron chi connectivity index (χ4n) is 1.72. The second-order valence-electron chi connectivity index (χ2n) is 4.61. The van der Waals surface area contributed by atoms with Crippen molar-refractivity contribution in [1.82, 2.24) is 10.2 Å². The van der Waals surface area contributed by atoms with Crippen LogP contribution in [0, 0.1) is 0 Å². The van der Waals surface area contributed by atoms with Crippen molar-refractivity contribution >= 4 is 23.3 Å². The first-order chi connectivity index (χ1) is 9.59. The summed E-state index contributed by atoms with van der Waals surface area (Å²) in [7, 11) is 3.96. The monoisotopic (exact) mass is 293 g/mol. The maximum atomic E-state index is 11.7. The number of nitrogens with one attached hydrogen (secondary N) is 1. The first-order valence-electron chi connectivity index (χ1n) is 6.22. The van der Waals surface area contributed by atoms with Crippen LogP contribution >= 0.6 is 11.6 Å². The largest absolute Gasteiger partial charge is 0.389 e. The third kappa shape index (κ3) is 3.37. The maximum Gasteiger partial charge on any atom is 0.369 e. The average Bonchev–Trinajstić information content (AvgIpc) is 2.76. The van der Waals surface area contributed by atoms with Crippen LogP contribution in [0.25, 0.3) is 0 Å². The van der Waals surface area contributed by atoms with Gasteiger partial charge in [0, 0.05) is 24.9 Å². The molecule has 0 saturated heterocycles. The van der Waals surface area contributed by atoms with Crippen molar-refractivity contribution in [2.45, 2.75) is 0 Å². The Morgan fingerprint density at radius 2 is 2.15 bits per heavy atom. The van der Waals surface area contributed by atoms with Crippen molar-refractivity contribution in [2.24, 2.45) is 5.16 Å². The van der Waals surface area contributed by atoms with Gasteiger partial charge in [0.05, 0.1) is 5.02 Å². The lowest BCUT2D eigenvalue weighted by molar-refractivity contribution is -0.136. The Morgan fingerprint density at radius 1 is 1.40 bits per heavy atom. The Kier molecular flexibility index (Phi) is 4.76. The number of benzene rings is 1. The topological polar surface area (TPSA) is 53.9 Å². The number of oxime groups is 1. The summed E-state index contributed by atoms with van der Waals surface area (Å²) < 4.78 is 0. The summed E-state index contributed by atoms with van der Waals surface area (Å²) in [5, 5.41) is 7.42. The summed E-state index contributed by atoms with van der Waals surface area (Å²) in [6.45, 7) is 1.58. The summed E-state index contributed by atoms with van der Waals surface area (Å²) in [5.41, 5.74) is 1.52. The van der Waals surface area contributed by atoms with Gasteiger partial charge in [-0.25, -0.2) is 4.79 Å². The quantitative estimate of drug-likeness (QED) is 0.509. The van der Waals surface area contributed by atoms with Gasteiger partial charge in [0.15, 0.2) is 0 Å². The van der Waals surface area contributed by atoms with E-state index in [4.69, 9.17) is 16.4 Å². The van der Waals surface area contributed by atoms with Crippen LogP contribution < -0.4 is 5.32 Å². The van der Waals surface area contributed by atoms with Crippen LogP contribution in [-0.2, 0) is 9.63 Å². The third-order valence-corrected chi connectivity index (χ3v) is 3.10. The van der Waals surface area contributed by atoms with Gasteiger partial charge in [0.1, 0.15) is 11.3 Å². The lowest BCUT2D eigenvalue weighted by atomic mass is 10.0. The Labute approximate surface area is 122 Å². The zero-order valence-electron chi connectivity index (χ0n) is 11.4. The number of nitrogens with zero attached hydrogens (tertiary/aromatic N) is 2. The van der Waals surface area contributed by atoms with E-state index in [-0.39, 0.29) is 0 Å². The Bertz CT molecular complexity index is 567. The van der Waals surface area contributed by atoms with Crippen molar-refractivity contribution < 1.29 is 9.63 Å². The summed E-state index contributed by atoms with van der Waals surface area (Å²) in [6, 6.07) is 7.21. The molecule has 5 nitrogen and oxygen atoms in total. The normalized spacial score (nSPS) is 16.5. The number of carbonyl (C=O) groups excluding carboxylic acids is 1. The first kappa shape index (κ1) is 14.6. The van der Waals surface area contributed by atoms with Gasteiger partial charge in [-0.05, 0) is 20.2 Å². The molecule has 0 unspecified atom stereocenters. The smallest absolute Gasteiger partial charge is 0.369 e. The van der Waals surface area contributed by atoms with Gasteiger partial charge < -0.3 is 15.1 Å². The van der Waals surface area contributed by atoms with Crippen LogP contribution in [0.3, 0.4) is 0 Å². The standard InChI is InChI=1S/C14H16ClN3O2/c1-18(2)8-7-16-9-11-13(17-20-14(11)19)10-5-3-4-6-12(10)15/h3-6,9,16H,7-8H2,1-2H3/b11-9-. The lowest BCUT2D eigenvalue weighted by Gasteiger charge is -2.09. The van der Waals surface area contributed by atoms with E-state index in [0.29, 0.717) is 21.9 Å². The minimum atomic E-state index is -0.475. The molecular weight excluding hydrogens is 278 g/mol. The molecule has 0 aromatic heterocycles. The highest BCUT2D eigenvalue weighted by Gasteiger charge is 2.27. The van der Waals surface area contributed by atoms with E-state index in [0.717, 1.165) is 13.1 Å². The van der Waals surface area contributed by atoms with Crippen LogP contribution in [0.15, 0.2) is 41.2 Å². The zero-order chi connectivity index (χ0) is 14.5. The van der Waals surface area contributed by atoms with Crippen molar-refractivity contribution in [3.63, 3.8) is 0 Å². The predicted molar refractivity (Wildman–Crippen MR) is 78.7 cm³/mol. The van der Waals surface area contributed by atoms with E-state index in [9.17, 15) is 4.79 Å². The SMILES string of the molecule is CN(C)CCN/C=C1\C(=O)ON=C1c1ccccc1Cl. The summed E-state index contributed by atoms with van der Waals surface area (Å²) in [5.74, 6) is -0.475. The molecule has 106 valence electrons. The third-order valence-electron chi connectivity index (χ3n) is 2.77. The second-order valence-corrected chi connectivity index (χ2v) is 5.02. The molecule has 0 saturated carbocycles. The highest BCUT2D eigenvalue weighted by molar-refractivity contribution is 6.38. The molecule has 1 aliphatic rings. The minimum Gasteiger partial charge on any atom is -0.389 e. The van der Waals surface area contributed by atoms with Crippen LogP contribution in [0.4, 0.5) is 0 Å². The van der Waals surface area contributed by atoms with Crippen LogP contribution in [0.5, 0.6) is 0 Å². The average molecular weight is 294 g/mol. The summed E-state index contributed by atoms with van der Waals surface area (Å²) in [4.78, 5) is 18.5. The molecule has 0 bridgehead atoms. The van der Waals surface area contributed by atoms with E-state index in [2.05, 4.69) is 10.5 Å². The lowest BCUT2D eigenvalue weighted by Crippen LogP contribution is -2.24. The fourth-order valence-corrected chi connectivity index (χ4v) is 1.94. The number of halogens is 1. The van der Waals surface area contributed by atoms with Crippen LogP contribution in [0.2, 0.25) is 5.02 Å². The highest BCUT2D eigenvalue weighted by atomic mass is 35.5. The van der Waals surface area contributed by atoms with E-state index in [1.54, 1.807) is 18.3 Å².